The van der Waals surface area contributed by atoms with Gasteiger partial charge in [-0.3, -0.25) is 4.68 Å². The van der Waals surface area contributed by atoms with Crippen molar-refractivity contribution in [1.29, 1.82) is 0 Å². The van der Waals surface area contributed by atoms with E-state index in [2.05, 4.69) is 10.3 Å². The van der Waals surface area contributed by atoms with Gasteiger partial charge in [-0.1, -0.05) is 17.3 Å². The van der Waals surface area contributed by atoms with Crippen LogP contribution in [0.2, 0.25) is 0 Å². The average Bonchev–Trinajstić information content (AvgIpc) is 2.84. The number of hydrogen-bond donors (Lipinski definition) is 0. The van der Waals surface area contributed by atoms with Crippen molar-refractivity contribution in [2.75, 3.05) is 0 Å². The normalized spacial score (nSPS) is 18.1. The average molecular weight is 331 g/mol. The van der Waals surface area contributed by atoms with Crippen LogP contribution in [-0.4, -0.2) is 29.3 Å². The minimum Gasteiger partial charge on any atom is -0.252 e. The van der Waals surface area contributed by atoms with Crippen LogP contribution in [-0.2, 0) is 16.8 Å². The molecule has 0 spiro atoms. The van der Waals surface area contributed by atoms with Crippen LogP contribution in [0, 0.1) is 5.92 Å². The van der Waals surface area contributed by atoms with Gasteiger partial charge >= 0.3 is 10.2 Å². The lowest BCUT2D eigenvalue weighted by molar-refractivity contribution is -0.114. The molecule has 118 valence electrons. The highest BCUT2D eigenvalue weighted by atomic mass is 32.3. The molecule has 0 N–H and O–H groups in total. The Morgan fingerprint density at radius 3 is 2.41 bits per heavy atom. The summed E-state index contributed by atoms with van der Waals surface area (Å²) >= 11 is 0. The Balaban J connectivity index is 1.71. The van der Waals surface area contributed by atoms with Gasteiger partial charge in [0.1, 0.15) is 5.69 Å². The Bertz CT molecular complexity index is 779. The highest BCUT2D eigenvalue weighted by molar-refractivity contribution is 7.86. The van der Waals surface area contributed by atoms with E-state index < -0.39 is 21.0 Å². The van der Waals surface area contributed by atoms with Crippen molar-refractivity contribution >= 4 is 10.2 Å². The SMILES string of the molecule is O=S(=O)(F)c1ccc(-c2cn(CC3CC(F)(F)C3)nn2)cc1. The number of halogens is 3. The summed E-state index contributed by atoms with van der Waals surface area (Å²) in [6.07, 6.45) is 1.30. The maximum atomic E-state index is 12.8. The third-order valence-electron chi connectivity index (χ3n) is 3.59. The Kier molecular flexibility index (Phi) is 3.47. The van der Waals surface area contributed by atoms with E-state index >= 15 is 0 Å². The van der Waals surface area contributed by atoms with Crippen molar-refractivity contribution in [2.45, 2.75) is 30.2 Å². The van der Waals surface area contributed by atoms with Crippen molar-refractivity contribution < 1.29 is 21.1 Å². The molecule has 9 heteroatoms. The predicted octanol–water partition coefficient (Wildman–Crippen LogP) is 2.65. The molecule has 0 saturated heterocycles. The molecule has 3 rings (SSSR count). The van der Waals surface area contributed by atoms with E-state index in [4.69, 9.17) is 0 Å². The summed E-state index contributed by atoms with van der Waals surface area (Å²) in [7, 11) is -4.73. The molecular weight excluding hydrogens is 319 g/mol. The number of rotatable bonds is 4. The van der Waals surface area contributed by atoms with Gasteiger partial charge in [-0.25, -0.2) is 8.78 Å². The standard InChI is InChI=1S/C13H12F3N3O2S/c14-13(15)5-9(6-13)7-19-8-12(17-18-19)10-1-3-11(4-2-10)22(16,20)21/h1-4,8-9H,5-7H2. The summed E-state index contributed by atoms with van der Waals surface area (Å²) in [6.45, 7) is 0.361. The number of nitrogens with zero attached hydrogens (tertiary/aromatic N) is 3. The van der Waals surface area contributed by atoms with Gasteiger partial charge in [0.05, 0.1) is 11.1 Å². The molecule has 1 fully saturated rings. The smallest absolute Gasteiger partial charge is 0.252 e. The van der Waals surface area contributed by atoms with Crippen LogP contribution in [0.25, 0.3) is 11.3 Å². The molecule has 0 unspecified atom stereocenters. The van der Waals surface area contributed by atoms with E-state index in [9.17, 15) is 21.1 Å². The Morgan fingerprint density at radius 1 is 1.23 bits per heavy atom. The van der Waals surface area contributed by atoms with Crippen LogP contribution in [0.1, 0.15) is 12.8 Å². The Morgan fingerprint density at radius 2 is 1.86 bits per heavy atom. The van der Waals surface area contributed by atoms with Crippen LogP contribution in [0.5, 0.6) is 0 Å². The first-order chi connectivity index (χ1) is 10.2. The molecule has 1 aliphatic rings. The quantitative estimate of drug-likeness (QED) is 0.808. The fraction of sp³-hybridized carbons (Fsp3) is 0.385. The summed E-state index contributed by atoms with van der Waals surface area (Å²) in [4.78, 5) is -0.430. The van der Waals surface area contributed by atoms with Crippen molar-refractivity contribution in [3.05, 3.63) is 30.5 Å². The van der Waals surface area contributed by atoms with Gasteiger partial charge in [0.25, 0.3) is 0 Å². The summed E-state index contributed by atoms with van der Waals surface area (Å²) in [5.74, 6) is -2.69. The molecule has 0 aliphatic heterocycles. The fourth-order valence-electron chi connectivity index (χ4n) is 2.49. The first-order valence-electron chi connectivity index (χ1n) is 6.56. The molecular formula is C13H12F3N3O2S. The van der Waals surface area contributed by atoms with Crippen LogP contribution >= 0.6 is 0 Å². The van der Waals surface area contributed by atoms with Crippen molar-refractivity contribution in [3.63, 3.8) is 0 Å². The van der Waals surface area contributed by atoms with Crippen LogP contribution < -0.4 is 0 Å². The zero-order chi connectivity index (χ0) is 16.0. The van der Waals surface area contributed by atoms with Crippen molar-refractivity contribution in [3.8, 4) is 11.3 Å². The maximum Gasteiger partial charge on any atom is 0.332 e. The maximum absolute atomic E-state index is 12.8. The summed E-state index contributed by atoms with van der Waals surface area (Å²) in [5, 5.41) is 7.77. The second-order valence-electron chi connectivity index (χ2n) is 5.42. The molecule has 1 aliphatic carbocycles. The van der Waals surface area contributed by atoms with Crippen molar-refractivity contribution in [2.24, 2.45) is 5.92 Å². The molecule has 2 aromatic rings. The molecule has 1 heterocycles. The molecule has 1 aromatic heterocycles. The van der Waals surface area contributed by atoms with E-state index in [0.29, 0.717) is 17.8 Å². The Hall–Kier alpha value is -1.90. The molecule has 1 aromatic carbocycles. The fourth-order valence-corrected chi connectivity index (χ4v) is 2.95. The second-order valence-corrected chi connectivity index (χ2v) is 6.77. The second kappa shape index (κ2) is 5.08. The monoisotopic (exact) mass is 331 g/mol. The lowest BCUT2D eigenvalue weighted by atomic mass is 9.81. The van der Waals surface area contributed by atoms with Crippen LogP contribution in [0.15, 0.2) is 35.4 Å². The van der Waals surface area contributed by atoms with E-state index in [1.54, 1.807) is 6.20 Å². The lowest BCUT2D eigenvalue weighted by Crippen LogP contribution is -2.37. The first-order valence-corrected chi connectivity index (χ1v) is 7.94. The van der Waals surface area contributed by atoms with Crippen LogP contribution in [0.3, 0.4) is 0 Å². The zero-order valence-corrected chi connectivity index (χ0v) is 12.1. The molecule has 0 bridgehead atoms. The topological polar surface area (TPSA) is 64.8 Å². The van der Waals surface area contributed by atoms with E-state index in [0.717, 1.165) is 12.1 Å². The van der Waals surface area contributed by atoms with Crippen LogP contribution in [0.4, 0.5) is 12.7 Å². The van der Waals surface area contributed by atoms with Gasteiger partial charge in [-0.05, 0) is 18.1 Å². The summed E-state index contributed by atoms with van der Waals surface area (Å²) < 4.78 is 61.3. The number of aromatic nitrogens is 3. The van der Waals surface area contributed by atoms with Gasteiger partial charge in [-0.15, -0.1) is 8.98 Å². The minimum absolute atomic E-state index is 0.122. The van der Waals surface area contributed by atoms with Gasteiger partial charge in [0.2, 0.25) is 5.92 Å². The molecule has 22 heavy (non-hydrogen) atoms. The molecule has 0 amide bonds. The zero-order valence-electron chi connectivity index (χ0n) is 11.3. The van der Waals surface area contributed by atoms with E-state index in [1.807, 2.05) is 0 Å². The van der Waals surface area contributed by atoms with Gasteiger partial charge in [0, 0.05) is 24.9 Å². The molecule has 1 saturated carbocycles. The first kappa shape index (κ1) is 15.0. The largest absolute Gasteiger partial charge is 0.332 e. The van der Waals surface area contributed by atoms with Crippen molar-refractivity contribution in [1.82, 2.24) is 15.0 Å². The molecule has 0 atom stereocenters. The van der Waals surface area contributed by atoms with Gasteiger partial charge < -0.3 is 0 Å². The minimum atomic E-state index is -4.73. The predicted molar refractivity (Wildman–Crippen MR) is 71.4 cm³/mol. The third-order valence-corrected chi connectivity index (χ3v) is 4.43. The van der Waals surface area contributed by atoms with E-state index in [1.165, 1.54) is 16.8 Å². The number of hydrogen-bond acceptors (Lipinski definition) is 4. The van der Waals surface area contributed by atoms with Gasteiger partial charge in [-0.2, -0.15) is 8.42 Å². The number of benzene rings is 1. The van der Waals surface area contributed by atoms with E-state index in [-0.39, 0.29) is 18.8 Å². The molecule has 0 radical (unpaired) electrons. The lowest BCUT2D eigenvalue weighted by Gasteiger charge is -2.34. The highest BCUT2D eigenvalue weighted by Gasteiger charge is 2.45. The number of alkyl halides is 2. The Labute approximate surface area is 125 Å². The highest BCUT2D eigenvalue weighted by Crippen LogP contribution is 2.43. The summed E-state index contributed by atoms with van der Waals surface area (Å²) in [5.41, 5.74) is 1.03. The molecule has 5 nitrogen and oxygen atoms in total. The van der Waals surface area contributed by atoms with Gasteiger partial charge in [0.15, 0.2) is 0 Å². The third kappa shape index (κ3) is 3.13. The summed E-state index contributed by atoms with van der Waals surface area (Å²) in [6, 6.07) is 5.10.